The van der Waals surface area contributed by atoms with Crippen LogP contribution in [0.25, 0.3) is 0 Å². The van der Waals surface area contributed by atoms with Crippen LogP contribution < -0.4 is 5.32 Å². The second-order valence-corrected chi connectivity index (χ2v) is 6.10. The van der Waals surface area contributed by atoms with Gasteiger partial charge in [0, 0.05) is 12.1 Å². The van der Waals surface area contributed by atoms with Crippen LogP contribution in [0.5, 0.6) is 0 Å². The van der Waals surface area contributed by atoms with E-state index in [0.29, 0.717) is 6.04 Å². The first-order chi connectivity index (χ1) is 8.72. The lowest BCUT2D eigenvalue weighted by atomic mass is 9.94. The fourth-order valence-electron chi connectivity index (χ4n) is 3.52. The highest BCUT2D eigenvalue weighted by molar-refractivity contribution is 5.17. The van der Waals surface area contributed by atoms with Gasteiger partial charge in [-0.2, -0.15) is 0 Å². The van der Waals surface area contributed by atoms with Gasteiger partial charge in [0.15, 0.2) is 0 Å². The van der Waals surface area contributed by atoms with Crippen molar-refractivity contribution < 1.29 is 4.39 Å². The summed E-state index contributed by atoms with van der Waals surface area (Å²) in [5, 5.41) is 3.78. The predicted molar refractivity (Wildman–Crippen MR) is 71.9 cm³/mol. The second-order valence-electron chi connectivity index (χ2n) is 6.10. The fraction of sp³-hybridized carbons (Fsp3) is 0.625. The molecule has 1 nitrogen and oxygen atoms in total. The molecule has 3 rings (SSSR count). The number of hydrogen-bond acceptors (Lipinski definition) is 1. The number of halogens is 1. The Labute approximate surface area is 109 Å². The van der Waals surface area contributed by atoms with Gasteiger partial charge in [-0.05, 0) is 55.7 Å². The van der Waals surface area contributed by atoms with Crippen molar-refractivity contribution in [1.29, 1.82) is 0 Å². The number of hydrogen-bond donors (Lipinski definition) is 1. The van der Waals surface area contributed by atoms with Gasteiger partial charge in [-0.1, -0.05) is 25.0 Å². The van der Waals surface area contributed by atoms with Gasteiger partial charge < -0.3 is 5.32 Å². The number of fused-ring (bicyclic) bond motifs is 1. The van der Waals surface area contributed by atoms with Crippen LogP contribution in [0.4, 0.5) is 4.39 Å². The zero-order chi connectivity index (χ0) is 12.5. The number of nitrogens with one attached hydrogen (secondary N) is 1. The Hall–Kier alpha value is -0.890. The van der Waals surface area contributed by atoms with Gasteiger partial charge in [-0.3, -0.25) is 0 Å². The highest BCUT2D eigenvalue weighted by atomic mass is 19.1. The maximum absolute atomic E-state index is 12.8. The SMILES string of the molecule is CC(Cc1ccc(F)cc1)NC1CCC[C@H]2C[C@@H]12. The molecule has 0 bridgehead atoms. The molecule has 2 heteroatoms. The molecule has 0 spiro atoms. The lowest BCUT2D eigenvalue weighted by molar-refractivity contribution is 0.325. The summed E-state index contributed by atoms with van der Waals surface area (Å²) in [7, 11) is 0. The smallest absolute Gasteiger partial charge is 0.123 e. The molecule has 0 aliphatic heterocycles. The van der Waals surface area contributed by atoms with E-state index < -0.39 is 0 Å². The Morgan fingerprint density at radius 2 is 2.06 bits per heavy atom. The summed E-state index contributed by atoms with van der Waals surface area (Å²) in [4.78, 5) is 0. The molecule has 1 N–H and O–H groups in total. The Kier molecular flexibility index (Phi) is 3.38. The third kappa shape index (κ3) is 2.74. The van der Waals surface area contributed by atoms with Crippen molar-refractivity contribution in [2.45, 2.75) is 51.1 Å². The second kappa shape index (κ2) is 5.00. The van der Waals surface area contributed by atoms with Crippen LogP contribution in [0.1, 0.15) is 38.2 Å². The molecular weight excluding hydrogens is 225 g/mol. The summed E-state index contributed by atoms with van der Waals surface area (Å²) in [5.41, 5.74) is 1.22. The Morgan fingerprint density at radius 3 is 2.83 bits per heavy atom. The summed E-state index contributed by atoms with van der Waals surface area (Å²) in [5.74, 6) is 1.83. The minimum Gasteiger partial charge on any atom is -0.311 e. The summed E-state index contributed by atoms with van der Waals surface area (Å²) < 4.78 is 12.8. The third-order valence-corrected chi connectivity index (χ3v) is 4.54. The van der Waals surface area contributed by atoms with Crippen molar-refractivity contribution in [3.05, 3.63) is 35.6 Å². The van der Waals surface area contributed by atoms with E-state index >= 15 is 0 Å². The molecule has 1 aromatic rings. The van der Waals surface area contributed by atoms with Crippen LogP contribution in [-0.4, -0.2) is 12.1 Å². The van der Waals surface area contributed by atoms with Crippen molar-refractivity contribution in [2.24, 2.45) is 11.8 Å². The van der Waals surface area contributed by atoms with Crippen molar-refractivity contribution in [2.75, 3.05) is 0 Å². The normalized spacial score (nSPS) is 31.8. The van der Waals surface area contributed by atoms with E-state index in [1.165, 1.54) is 31.2 Å². The van der Waals surface area contributed by atoms with Crippen molar-refractivity contribution in [3.63, 3.8) is 0 Å². The molecular formula is C16H22FN. The van der Waals surface area contributed by atoms with Crippen LogP contribution in [0.2, 0.25) is 0 Å². The molecule has 2 aliphatic rings. The summed E-state index contributed by atoms with van der Waals surface area (Å²) in [6, 6.07) is 8.13. The van der Waals surface area contributed by atoms with E-state index in [-0.39, 0.29) is 5.82 Å². The molecule has 0 heterocycles. The summed E-state index contributed by atoms with van der Waals surface area (Å²) in [6.07, 6.45) is 6.63. The van der Waals surface area contributed by atoms with Crippen molar-refractivity contribution in [1.82, 2.24) is 5.32 Å². The van der Waals surface area contributed by atoms with Gasteiger partial charge in [0.25, 0.3) is 0 Å². The van der Waals surface area contributed by atoms with Gasteiger partial charge in [-0.25, -0.2) is 4.39 Å². The molecule has 2 fully saturated rings. The first-order valence-electron chi connectivity index (χ1n) is 7.23. The van der Waals surface area contributed by atoms with Gasteiger partial charge in [0.1, 0.15) is 5.82 Å². The largest absolute Gasteiger partial charge is 0.311 e. The maximum Gasteiger partial charge on any atom is 0.123 e. The van der Waals surface area contributed by atoms with Gasteiger partial charge in [0.2, 0.25) is 0 Å². The van der Waals surface area contributed by atoms with Gasteiger partial charge in [-0.15, -0.1) is 0 Å². The van der Waals surface area contributed by atoms with E-state index in [0.717, 1.165) is 24.3 Å². The van der Waals surface area contributed by atoms with Gasteiger partial charge in [0.05, 0.1) is 0 Å². The molecule has 0 saturated heterocycles. The molecule has 2 unspecified atom stereocenters. The average molecular weight is 247 g/mol. The zero-order valence-electron chi connectivity index (χ0n) is 11.0. The Balaban J connectivity index is 1.52. The first-order valence-corrected chi connectivity index (χ1v) is 7.23. The molecule has 4 atom stereocenters. The molecule has 0 radical (unpaired) electrons. The van der Waals surface area contributed by atoms with E-state index in [4.69, 9.17) is 0 Å². The maximum atomic E-state index is 12.8. The molecule has 0 amide bonds. The minimum atomic E-state index is -0.146. The Morgan fingerprint density at radius 1 is 1.28 bits per heavy atom. The zero-order valence-corrected chi connectivity index (χ0v) is 11.0. The van der Waals surface area contributed by atoms with Crippen LogP contribution in [-0.2, 0) is 6.42 Å². The molecule has 0 aromatic heterocycles. The van der Waals surface area contributed by atoms with Gasteiger partial charge >= 0.3 is 0 Å². The lowest BCUT2D eigenvalue weighted by Crippen LogP contribution is -2.40. The molecule has 2 saturated carbocycles. The topological polar surface area (TPSA) is 12.0 Å². The monoisotopic (exact) mass is 247 g/mol. The summed E-state index contributed by atoms with van der Waals surface area (Å²) >= 11 is 0. The van der Waals surface area contributed by atoms with Crippen LogP contribution in [0, 0.1) is 17.7 Å². The number of benzene rings is 1. The van der Waals surface area contributed by atoms with Crippen LogP contribution >= 0.6 is 0 Å². The lowest BCUT2D eigenvalue weighted by Gasteiger charge is -2.26. The standard InChI is InChI=1S/C16H22FN/c1-11(9-12-5-7-14(17)8-6-12)18-16-4-2-3-13-10-15(13)16/h5-8,11,13,15-16,18H,2-4,9-10H2,1H3/t11?,13-,15+,16?/m0/s1. The highest BCUT2D eigenvalue weighted by Gasteiger charge is 2.45. The first kappa shape index (κ1) is 12.2. The molecule has 98 valence electrons. The predicted octanol–water partition coefficient (Wildman–Crippen LogP) is 3.53. The van der Waals surface area contributed by atoms with Crippen molar-refractivity contribution >= 4 is 0 Å². The van der Waals surface area contributed by atoms with E-state index in [1.54, 1.807) is 12.1 Å². The fourth-order valence-corrected chi connectivity index (χ4v) is 3.52. The molecule has 1 aromatic carbocycles. The molecule has 2 aliphatic carbocycles. The van der Waals surface area contributed by atoms with E-state index in [1.807, 2.05) is 12.1 Å². The van der Waals surface area contributed by atoms with Crippen LogP contribution in [0.15, 0.2) is 24.3 Å². The highest BCUT2D eigenvalue weighted by Crippen LogP contribution is 2.49. The third-order valence-electron chi connectivity index (χ3n) is 4.54. The van der Waals surface area contributed by atoms with E-state index in [9.17, 15) is 4.39 Å². The summed E-state index contributed by atoms with van der Waals surface area (Å²) in [6.45, 7) is 2.25. The van der Waals surface area contributed by atoms with Crippen molar-refractivity contribution in [3.8, 4) is 0 Å². The molecule has 18 heavy (non-hydrogen) atoms. The quantitative estimate of drug-likeness (QED) is 0.858. The average Bonchev–Trinajstić information content (AvgIpc) is 3.12. The van der Waals surface area contributed by atoms with E-state index in [2.05, 4.69) is 12.2 Å². The number of rotatable bonds is 4. The minimum absolute atomic E-state index is 0.146. The Bertz CT molecular complexity index is 400. The van der Waals surface area contributed by atoms with Crippen LogP contribution in [0.3, 0.4) is 0 Å².